The van der Waals surface area contributed by atoms with E-state index in [-0.39, 0.29) is 17.4 Å². The SMILES string of the molecule is CCN1CCC[C@H](NC(=O)CCn2ncc(=O)c3ccccc32)C1. The molecule has 0 spiro atoms. The molecule has 0 aliphatic carbocycles. The topological polar surface area (TPSA) is 67.2 Å². The quantitative estimate of drug-likeness (QED) is 0.901. The molecule has 128 valence electrons. The molecule has 0 bridgehead atoms. The first-order valence-electron chi connectivity index (χ1n) is 8.64. The highest BCUT2D eigenvalue weighted by atomic mass is 16.1. The number of hydrogen-bond acceptors (Lipinski definition) is 4. The van der Waals surface area contributed by atoms with Gasteiger partial charge in [-0.05, 0) is 38.1 Å². The van der Waals surface area contributed by atoms with Crippen LogP contribution in [0.5, 0.6) is 0 Å². The molecule has 1 aromatic carbocycles. The van der Waals surface area contributed by atoms with Gasteiger partial charge in [-0.1, -0.05) is 19.1 Å². The summed E-state index contributed by atoms with van der Waals surface area (Å²) in [5.74, 6) is 0.0440. The van der Waals surface area contributed by atoms with Crippen molar-refractivity contribution >= 4 is 16.8 Å². The lowest BCUT2D eigenvalue weighted by Gasteiger charge is -2.32. The van der Waals surface area contributed by atoms with Gasteiger partial charge in [-0.15, -0.1) is 0 Å². The van der Waals surface area contributed by atoms with Crippen molar-refractivity contribution in [1.29, 1.82) is 0 Å². The van der Waals surface area contributed by atoms with Gasteiger partial charge in [-0.2, -0.15) is 5.10 Å². The van der Waals surface area contributed by atoms with Crippen LogP contribution in [0.2, 0.25) is 0 Å². The minimum atomic E-state index is -0.0897. The van der Waals surface area contributed by atoms with E-state index in [4.69, 9.17) is 0 Å². The van der Waals surface area contributed by atoms with E-state index in [1.165, 1.54) is 6.20 Å². The lowest BCUT2D eigenvalue weighted by molar-refractivity contribution is -0.122. The molecule has 24 heavy (non-hydrogen) atoms. The molecule has 1 fully saturated rings. The standard InChI is InChI=1S/C18H24N4O2/c1-2-21-10-5-6-14(13-21)20-18(24)9-11-22-16-8-4-3-7-15(16)17(23)12-19-22/h3-4,7-8,12,14H,2,5-6,9-11,13H2,1H3,(H,20,24)/t14-/m0/s1. The van der Waals surface area contributed by atoms with Crippen molar-refractivity contribution in [1.82, 2.24) is 20.0 Å². The molecule has 2 aromatic rings. The minimum absolute atomic E-state index is 0.0440. The van der Waals surface area contributed by atoms with Crippen LogP contribution in [0.15, 0.2) is 35.3 Å². The van der Waals surface area contributed by atoms with Gasteiger partial charge in [0, 0.05) is 24.4 Å². The molecule has 0 saturated carbocycles. The summed E-state index contributed by atoms with van der Waals surface area (Å²) in [6.07, 6.45) is 3.86. The highest BCUT2D eigenvalue weighted by Gasteiger charge is 2.20. The zero-order valence-electron chi connectivity index (χ0n) is 14.1. The van der Waals surface area contributed by atoms with Crippen LogP contribution in [-0.4, -0.2) is 46.3 Å². The number of nitrogens with one attached hydrogen (secondary N) is 1. The zero-order chi connectivity index (χ0) is 16.9. The monoisotopic (exact) mass is 328 g/mol. The largest absolute Gasteiger partial charge is 0.352 e. The lowest BCUT2D eigenvalue weighted by atomic mass is 10.1. The highest BCUT2D eigenvalue weighted by molar-refractivity contribution is 5.79. The Kier molecular flexibility index (Phi) is 5.25. The van der Waals surface area contributed by atoms with Gasteiger partial charge in [0.05, 0.1) is 18.3 Å². The smallest absolute Gasteiger partial charge is 0.222 e. The van der Waals surface area contributed by atoms with Gasteiger partial charge in [0.25, 0.3) is 0 Å². The van der Waals surface area contributed by atoms with Crippen molar-refractivity contribution in [3.05, 3.63) is 40.7 Å². The third kappa shape index (κ3) is 3.82. The molecule has 3 rings (SSSR count). The number of benzene rings is 1. The molecule has 1 aliphatic rings. The molecule has 1 amide bonds. The van der Waals surface area contributed by atoms with Gasteiger partial charge in [-0.3, -0.25) is 14.3 Å². The molecular weight excluding hydrogens is 304 g/mol. The summed E-state index contributed by atoms with van der Waals surface area (Å²) < 4.78 is 1.73. The normalized spacial score (nSPS) is 18.6. The average Bonchev–Trinajstić information content (AvgIpc) is 2.61. The van der Waals surface area contributed by atoms with Crippen LogP contribution in [0, 0.1) is 0 Å². The Bertz CT molecular complexity index is 771. The number of hydrogen-bond donors (Lipinski definition) is 1. The van der Waals surface area contributed by atoms with E-state index in [1.54, 1.807) is 10.7 Å². The number of likely N-dealkylation sites (tertiary alicyclic amines) is 1. The van der Waals surface area contributed by atoms with Crippen molar-refractivity contribution in [3.63, 3.8) is 0 Å². The number of aryl methyl sites for hydroxylation is 1. The van der Waals surface area contributed by atoms with Crippen LogP contribution in [0.4, 0.5) is 0 Å². The lowest BCUT2D eigenvalue weighted by Crippen LogP contribution is -2.47. The van der Waals surface area contributed by atoms with Gasteiger partial charge >= 0.3 is 0 Å². The van der Waals surface area contributed by atoms with Crippen LogP contribution in [0.1, 0.15) is 26.2 Å². The van der Waals surface area contributed by atoms with Crippen LogP contribution >= 0.6 is 0 Å². The minimum Gasteiger partial charge on any atom is -0.352 e. The second kappa shape index (κ2) is 7.57. The number of para-hydroxylation sites is 1. The first-order valence-corrected chi connectivity index (χ1v) is 8.64. The summed E-state index contributed by atoms with van der Waals surface area (Å²) in [6.45, 7) is 5.70. The third-order valence-electron chi connectivity index (χ3n) is 4.63. The van der Waals surface area contributed by atoms with Crippen LogP contribution in [-0.2, 0) is 11.3 Å². The molecule has 1 aromatic heterocycles. The zero-order valence-corrected chi connectivity index (χ0v) is 14.1. The molecule has 1 aliphatic heterocycles. The van der Waals surface area contributed by atoms with Crippen molar-refractivity contribution in [2.24, 2.45) is 0 Å². The molecule has 2 heterocycles. The molecule has 0 radical (unpaired) electrons. The Balaban J connectivity index is 1.61. The molecule has 0 unspecified atom stereocenters. The number of rotatable bonds is 5. The second-order valence-electron chi connectivity index (χ2n) is 6.30. The van der Waals surface area contributed by atoms with Gasteiger partial charge in [0.15, 0.2) is 0 Å². The summed E-state index contributed by atoms with van der Waals surface area (Å²) in [4.78, 5) is 26.4. The number of piperidine rings is 1. The number of nitrogens with zero attached hydrogens (tertiary/aromatic N) is 3. The summed E-state index contributed by atoms with van der Waals surface area (Å²) in [5.41, 5.74) is 0.681. The molecule has 1 atom stereocenters. The van der Waals surface area contributed by atoms with Gasteiger partial charge in [0.1, 0.15) is 0 Å². The van der Waals surface area contributed by atoms with Gasteiger partial charge in [0.2, 0.25) is 11.3 Å². The molecule has 1 saturated heterocycles. The van der Waals surface area contributed by atoms with Gasteiger partial charge < -0.3 is 10.2 Å². The molecular formula is C18H24N4O2. The Morgan fingerprint density at radius 1 is 1.38 bits per heavy atom. The van der Waals surface area contributed by atoms with E-state index in [0.29, 0.717) is 18.4 Å². The summed E-state index contributed by atoms with van der Waals surface area (Å²) >= 11 is 0. The molecule has 1 N–H and O–H groups in total. The second-order valence-corrected chi connectivity index (χ2v) is 6.30. The maximum absolute atomic E-state index is 12.3. The van der Waals surface area contributed by atoms with Crippen molar-refractivity contribution in [2.45, 2.75) is 38.8 Å². The van der Waals surface area contributed by atoms with Crippen LogP contribution in [0.3, 0.4) is 0 Å². The summed E-state index contributed by atoms with van der Waals surface area (Å²) in [7, 11) is 0. The van der Waals surface area contributed by atoms with Crippen LogP contribution in [0.25, 0.3) is 10.9 Å². The number of likely N-dealkylation sites (N-methyl/N-ethyl adjacent to an activating group) is 1. The fourth-order valence-electron chi connectivity index (χ4n) is 3.31. The fraction of sp³-hybridized carbons (Fsp3) is 0.500. The summed E-state index contributed by atoms with van der Waals surface area (Å²) in [6, 6.07) is 7.61. The predicted octanol–water partition coefficient (Wildman–Crippen LogP) is 1.39. The van der Waals surface area contributed by atoms with E-state index in [1.807, 2.05) is 18.2 Å². The van der Waals surface area contributed by atoms with E-state index < -0.39 is 0 Å². The number of aromatic nitrogens is 2. The Labute approximate surface area is 141 Å². The number of fused-ring (bicyclic) bond motifs is 1. The van der Waals surface area contributed by atoms with E-state index in [0.717, 1.165) is 38.0 Å². The Morgan fingerprint density at radius 3 is 3.04 bits per heavy atom. The Morgan fingerprint density at radius 2 is 2.21 bits per heavy atom. The first-order chi connectivity index (χ1) is 11.7. The predicted molar refractivity (Wildman–Crippen MR) is 93.9 cm³/mol. The number of carbonyl (C=O) groups excluding carboxylic acids is 1. The average molecular weight is 328 g/mol. The maximum atomic E-state index is 12.3. The fourth-order valence-corrected chi connectivity index (χ4v) is 3.31. The Hall–Kier alpha value is -2.21. The molecule has 6 heteroatoms. The first kappa shape index (κ1) is 16.6. The van der Waals surface area contributed by atoms with E-state index in [9.17, 15) is 9.59 Å². The van der Waals surface area contributed by atoms with E-state index >= 15 is 0 Å². The van der Waals surface area contributed by atoms with Crippen molar-refractivity contribution < 1.29 is 4.79 Å². The number of carbonyl (C=O) groups is 1. The van der Waals surface area contributed by atoms with Gasteiger partial charge in [-0.25, -0.2) is 0 Å². The number of amides is 1. The molecule has 6 nitrogen and oxygen atoms in total. The van der Waals surface area contributed by atoms with Crippen LogP contribution < -0.4 is 10.7 Å². The van der Waals surface area contributed by atoms with Crippen molar-refractivity contribution in [3.8, 4) is 0 Å². The highest BCUT2D eigenvalue weighted by Crippen LogP contribution is 2.11. The summed E-state index contributed by atoms with van der Waals surface area (Å²) in [5, 5.41) is 7.93. The van der Waals surface area contributed by atoms with E-state index in [2.05, 4.69) is 22.2 Å². The van der Waals surface area contributed by atoms with Crippen molar-refractivity contribution in [2.75, 3.05) is 19.6 Å². The third-order valence-corrected chi connectivity index (χ3v) is 4.63. The maximum Gasteiger partial charge on any atom is 0.222 e.